The molecule has 17 heavy (non-hydrogen) atoms. The Balaban J connectivity index is 1.83. The van der Waals surface area contributed by atoms with E-state index in [0.717, 1.165) is 12.2 Å². The average Bonchev–Trinajstić information content (AvgIpc) is 2.82. The molecule has 1 unspecified atom stereocenters. The number of hydrogen-bond donors (Lipinski definition) is 2. The van der Waals surface area contributed by atoms with Crippen LogP contribution in [0.3, 0.4) is 0 Å². The molecule has 0 heterocycles. The van der Waals surface area contributed by atoms with Gasteiger partial charge in [-0.05, 0) is 56.0 Å². The average molecular weight is 235 g/mol. The van der Waals surface area contributed by atoms with Crippen molar-refractivity contribution in [3.05, 3.63) is 29.3 Å². The molecular weight excluding hydrogens is 214 g/mol. The molecule has 1 atom stereocenters. The molecule has 2 rings (SSSR count). The number of fused-ring (bicyclic) bond motifs is 1. The van der Waals surface area contributed by atoms with Crippen LogP contribution >= 0.6 is 0 Å². The van der Waals surface area contributed by atoms with E-state index in [1.807, 2.05) is 7.05 Å². The predicted molar refractivity (Wildman–Crippen MR) is 68.5 cm³/mol. The van der Waals surface area contributed by atoms with Gasteiger partial charge in [0, 0.05) is 6.04 Å². The minimum atomic E-state index is 0.129. The van der Waals surface area contributed by atoms with Gasteiger partial charge in [-0.2, -0.15) is 0 Å². The van der Waals surface area contributed by atoms with Crippen molar-refractivity contribution in [1.82, 2.24) is 5.32 Å². The molecule has 0 radical (unpaired) electrons. The second-order valence-electron chi connectivity index (χ2n) is 4.59. The van der Waals surface area contributed by atoms with Gasteiger partial charge in [-0.15, -0.1) is 0 Å². The standard InChI is InChI=1S/C14H21NO2/c1-15-13(10-16)7-8-17-14-6-5-11-3-2-4-12(11)9-14/h5-6,9,13,15-16H,2-4,7-8,10H2,1H3. The molecule has 0 saturated heterocycles. The molecule has 0 fully saturated rings. The molecule has 2 N–H and O–H groups in total. The Morgan fingerprint density at radius 3 is 2.94 bits per heavy atom. The van der Waals surface area contributed by atoms with Crippen LogP contribution in [0.1, 0.15) is 24.0 Å². The van der Waals surface area contributed by atoms with E-state index in [4.69, 9.17) is 9.84 Å². The maximum atomic E-state index is 9.03. The van der Waals surface area contributed by atoms with Crippen LogP contribution in [0.15, 0.2) is 18.2 Å². The Labute approximate surface area is 103 Å². The quantitative estimate of drug-likeness (QED) is 0.785. The lowest BCUT2D eigenvalue weighted by Crippen LogP contribution is -2.30. The number of nitrogens with one attached hydrogen (secondary N) is 1. The van der Waals surface area contributed by atoms with E-state index in [-0.39, 0.29) is 12.6 Å². The van der Waals surface area contributed by atoms with Crippen LogP contribution in [0.5, 0.6) is 5.75 Å². The van der Waals surface area contributed by atoms with E-state index >= 15 is 0 Å². The Bertz CT molecular complexity index is 361. The summed E-state index contributed by atoms with van der Waals surface area (Å²) in [7, 11) is 1.86. The second-order valence-corrected chi connectivity index (χ2v) is 4.59. The van der Waals surface area contributed by atoms with Crippen LogP contribution in [-0.2, 0) is 12.8 Å². The van der Waals surface area contributed by atoms with Gasteiger partial charge in [0.05, 0.1) is 13.2 Å². The first-order chi connectivity index (χ1) is 8.33. The summed E-state index contributed by atoms with van der Waals surface area (Å²) in [6.45, 7) is 0.800. The fraction of sp³-hybridized carbons (Fsp3) is 0.571. The number of aliphatic hydroxyl groups is 1. The third kappa shape index (κ3) is 3.20. The van der Waals surface area contributed by atoms with E-state index in [2.05, 4.69) is 23.5 Å². The van der Waals surface area contributed by atoms with Crippen LogP contribution < -0.4 is 10.1 Å². The fourth-order valence-electron chi connectivity index (χ4n) is 2.28. The van der Waals surface area contributed by atoms with E-state index in [1.54, 1.807) is 0 Å². The van der Waals surface area contributed by atoms with Crippen molar-refractivity contribution >= 4 is 0 Å². The van der Waals surface area contributed by atoms with Gasteiger partial charge in [-0.3, -0.25) is 0 Å². The van der Waals surface area contributed by atoms with Crippen LogP contribution in [0.2, 0.25) is 0 Å². The molecule has 1 aliphatic rings. The summed E-state index contributed by atoms with van der Waals surface area (Å²) >= 11 is 0. The second kappa shape index (κ2) is 6.03. The van der Waals surface area contributed by atoms with Crippen molar-refractivity contribution in [3.8, 4) is 5.75 Å². The molecule has 3 nitrogen and oxygen atoms in total. The monoisotopic (exact) mass is 235 g/mol. The lowest BCUT2D eigenvalue weighted by atomic mass is 10.1. The largest absolute Gasteiger partial charge is 0.494 e. The smallest absolute Gasteiger partial charge is 0.119 e. The predicted octanol–water partition coefficient (Wildman–Crippen LogP) is 1.52. The van der Waals surface area contributed by atoms with Crippen molar-refractivity contribution in [1.29, 1.82) is 0 Å². The molecule has 1 aromatic rings. The lowest BCUT2D eigenvalue weighted by Gasteiger charge is -2.14. The number of likely N-dealkylation sites (N-methyl/N-ethyl adjacent to an activating group) is 1. The topological polar surface area (TPSA) is 41.5 Å². The summed E-state index contributed by atoms with van der Waals surface area (Å²) in [6, 6.07) is 6.52. The summed E-state index contributed by atoms with van der Waals surface area (Å²) in [6.07, 6.45) is 4.49. The molecule has 0 aliphatic heterocycles. The first-order valence-corrected chi connectivity index (χ1v) is 6.36. The number of aliphatic hydroxyl groups excluding tert-OH is 1. The molecule has 3 heteroatoms. The summed E-state index contributed by atoms with van der Waals surface area (Å²) < 4.78 is 5.71. The third-order valence-corrected chi connectivity index (χ3v) is 3.43. The van der Waals surface area contributed by atoms with Gasteiger partial charge in [0.25, 0.3) is 0 Å². The fourth-order valence-corrected chi connectivity index (χ4v) is 2.28. The van der Waals surface area contributed by atoms with Crippen molar-refractivity contribution in [3.63, 3.8) is 0 Å². The summed E-state index contributed by atoms with van der Waals surface area (Å²) in [4.78, 5) is 0. The van der Waals surface area contributed by atoms with Crippen LogP contribution in [0.25, 0.3) is 0 Å². The molecule has 0 bridgehead atoms. The van der Waals surface area contributed by atoms with Gasteiger partial charge < -0.3 is 15.2 Å². The minimum Gasteiger partial charge on any atom is -0.494 e. The Hall–Kier alpha value is -1.06. The van der Waals surface area contributed by atoms with Crippen molar-refractivity contribution in [2.45, 2.75) is 31.7 Å². The molecule has 0 spiro atoms. The Morgan fingerprint density at radius 1 is 1.35 bits per heavy atom. The zero-order valence-electron chi connectivity index (χ0n) is 10.4. The van der Waals surface area contributed by atoms with Crippen molar-refractivity contribution in [2.75, 3.05) is 20.3 Å². The number of rotatable bonds is 6. The highest BCUT2D eigenvalue weighted by molar-refractivity contribution is 5.38. The van der Waals surface area contributed by atoms with Gasteiger partial charge >= 0.3 is 0 Å². The summed E-state index contributed by atoms with van der Waals surface area (Å²) in [5, 5.41) is 12.1. The van der Waals surface area contributed by atoms with Gasteiger partial charge in [0.2, 0.25) is 0 Å². The first-order valence-electron chi connectivity index (χ1n) is 6.36. The third-order valence-electron chi connectivity index (χ3n) is 3.43. The van der Waals surface area contributed by atoms with Crippen LogP contribution in [0.4, 0.5) is 0 Å². The van der Waals surface area contributed by atoms with E-state index < -0.39 is 0 Å². The van der Waals surface area contributed by atoms with E-state index in [0.29, 0.717) is 6.61 Å². The lowest BCUT2D eigenvalue weighted by molar-refractivity contribution is 0.214. The SMILES string of the molecule is CNC(CO)CCOc1ccc2c(c1)CCC2. The van der Waals surface area contributed by atoms with Gasteiger partial charge in [0.1, 0.15) is 5.75 Å². The zero-order valence-corrected chi connectivity index (χ0v) is 10.4. The maximum absolute atomic E-state index is 9.03. The first kappa shape index (κ1) is 12.4. The zero-order chi connectivity index (χ0) is 12.1. The van der Waals surface area contributed by atoms with Crippen LogP contribution in [-0.4, -0.2) is 31.4 Å². The number of aryl methyl sites for hydroxylation is 2. The highest BCUT2D eigenvalue weighted by atomic mass is 16.5. The van der Waals surface area contributed by atoms with Crippen molar-refractivity contribution in [2.24, 2.45) is 0 Å². The van der Waals surface area contributed by atoms with E-state index in [1.165, 1.54) is 30.4 Å². The molecule has 1 aromatic carbocycles. The Morgan fingerprint density at radius 2 is 2.18 bits per heavy atom. The molecule has 0 amide bonds. The maximum Gasteiger partial charge on any atom is 0.119 e. The van der Waals surface area contributed by atoms with Crippen molar-refractivity contribution < 1.29 is 9.84 Å². The highest BCUT2D eigenvalue weighted by Gasteiger charge is 2.11. The molecule has 0 aromatic heterocycles. The number of hydrogen-bond acceptors (Lipinski definition) is 3. The number of ether oxygens (including phenoxy) is 1. The summed E-state index contributed by atoms with van der Waals surface area (Å²) in [5.74, 6) is 0.957. The molecule has 94 valence electrons. The summed E-state index contributed by atoms with van der Waals surface area (Å²) in [5.41, 5.74) is 2.91. The molecule has 0 saturated carbocycles. The van der Waals surface area contributed by atoms with Gasteiger partial charge in [-0.1, -0.05) is 6.07 Å². The Kier molecular flexibility index (Phi) is 4.40. The van der Waals surface area contributed by atoms with Crippen LogP contribution in [0, 0.1) is 0 Å². The normalized spacial score (nSPS) is 15.6. The number of benzene rings is 1. The molecular formula is C14H21NO2. The van der Waals surface area contributed by atoms with Gasteiger partial charge in [-0.25, -0.2) is 0 Å². The van der Waals surface area contributed by atoms with Gasteiger partial charge in [0.15, 0.2) is 0 Å². The van der Waals surface area contributed by atoms with E-state index in [9.17, 15) is 0 Å². The molecule has 1 aliphatic carbocycles. The minimum absolute atomic E-state index is 0.129. The highest BCUT2D eigenvalue weighted by Crippen LogP contribution is 2.26.